The number of quaternary nitrogens is 1. The third kappa shape index (κ3) is 7.80. The second kappa shape index (κ2) is 8.12. The fourth-order valence-corrected chi connectivity index (χ4v) is 1.96. The molecule has 0 heterocycles. The summed E-state index contributed by atoms with van der Waals surface area (Å²) in [6.07, 6.45) is 4.01. The zero-order valence-corrected chi connectivity index (χ0v) is 11.6. The number of unbranched alkanes of at least 4 members (excludes halogenated alkanes) is 1. The van der Waals surface area contributed by atoms with E-state index in [0.29, 0.717) is 0 Å². The van der Waals surface area contributed by atoms with Crippen LogP contribution in [-0.2, 0) is 0 Å². The predicted octanol–water partition coefficient (Wildman–Crippen LogP) is 2.59. The summed E-state index contributed by atoms with van der Waals surface area (Å²) in [5, 5.41) is 0. The molecule has 0 fully saturated rings. The van der Waals surface area contributed by atoms with Gasteiger partial charge in [-0.2, -0.15) is 0 Å². The van der Waals surface area contributed by atoms with Crippen molar-refractivity contribution in [1.29, 1.82) is 0 Å². The molecule has 0 aromatic carbocycles. The highest BCUT2D eigenvalue weighted by atomic mass is 15.3. The van der Waals surface area contributed by atoms with Crippen LogP contribution in [-0.4, -0.2) is 56.2 Å². The molecule has 0 N–H and O–H groups in total. The van der Waals surface area contributed by atoms with Gasteiger partial charge in [0.25, 0.3) is 0 Å². The Kier molecular flexibility index (Phi) is 8.07. The van der Waals surface area contributed by atoms with E-state index in [0.717, 1.165) is 0 Å². The van der Waals surface area contributed by atoms with Gasteiger partial charge in [-0.05, 0) is 19.5 Å². The summed E-state index contributed by atoms with van der Waals surface area (Å²) in [7, 11) is 4.72. The number of hydrogen-bond acceptors (Lipinski definition) is 1. The van der Waals surface area contributed by atoms with Crippen molar-refractivity contribution >= 4 is 0 Å². The monoisotopic (exact) mass is 215 g/mol. The molecule has 2 heteroatoms. The van der Waals surface area contributed by atoms with E-state index in [1.54, 1.807) is 0 Å². The van der Waals surface area contributed by atoms with Gasteiger partial charge >= 0.3 is 0 Å². The Labute approximate surface area is 96.8 Å². The molecule has 0 spiro atoms. The zero-order chi connectivity index (χ0) is 11.7. The van der Waals surface area contributed by atoms with Crippen molar-refractivity contribution in [2.75, 3.05) is 46.8 Å². The van der Waals surface area contributed by atoms with Gasteiger partial charge in [0.2, 0.25) is 0 Å². The lowest BCUT2D eigenvalue weighted by molar-refractivity contribution is -0.890. The lowest BCUT2D eigenvalue weighted by atomic mass is 10.2. The van der Waals surface area contributed by atoms with Gasteiger partial charge < -0.3 is 9.38 Å². The van der Waals surface area contributed by atoms with Crippen LogP contribution in [0.4, 0.5) is 0 Å². The summed E-state index contributed by atoms with van der Waals surface area (Å²) in [5.74, 6) is 0. The summed E-state index contributed by atoms with van der Waals surface area (Å²) in [5.41, 5.74) is 0. The van der Waals surface area contributed by atoms with E-state index in [-0.39, 0.29) is 0 Å². The van der Waals surface area contributed by atoms with Crippen LogP contribution < -0.4 is 0 Å². The Morgan fingerprint density at radius 1 is 0.867 bits per heavy atom. The van der Waals surface area contributed by atoms with Crippen molar-refractivity contribution in [3.05, 3.63) is 0 Å². The fraction of sp³-hybridized carbons (Fsp3) is 1.00. The van der Waals surface area contributed by atoms with Crippen molar-refractivity contribution < 1.29 is 4.48 Å². The van der Waals surface area contributed by atoms with Crippen molar-refractivity contribution in [1.82, 2.24) is 4.90 Å². The molecule has 0 aliphatic rings. The van der Waals surface area contributed by atoms with Gasteiger partial charge in [0.05, 0.1) is 27.2 Å². The van der Waals surface area contributed by atoms with Gasteiger partial charge in [0, 0.05) is 13.0 Å². The summed E-state index contributed by atoms with van der Waals surface area (Å²) in [4.78, 5) is 2.51. The van der Waals surface area contributed by atoms with Gasteiger partial charge in [-0.3, -0.25) is 0 Å². The van der Waals surface area contributed by atoms with E-state index >= 15 is 0 Å². The summed E-state index contributed by atoms with van der Waals surface area (Å²) >= 11 is 0. The summed E-state index contributed by atoms with van der Waals surface area (Å²) < 4.78 is 1.19. The third-order valence-corrected chi connectivity index (χ3v) is 3.25. The number of rotatable bonds is 9. The number of hydrogen-bond donors (Lipinski definition) is 0. The smallest absolute Gasteiger partial charge is 0.0794 e. The molecule has 0 aromatic rings. The fourth-order valence-electron chi connectivity index (χ4n) is 1.96. The van der Waals surface area contributed by atoms with Gasteiger partial charge in [-0.1, -0.05) is 27.2 Å². The van der Waals surface area contributed by atoms with Crippen molar-refractivity contribution in [3.8, 4) is 0 Å². The second-order valence-electron chi connectivity index (χ2n) is 5.12. The van der Waals surface area contributed by atoms with Crippen LogP contribution in [0, 0.1) is 0 Å². The largest absolute Gasteiger partial charge is 0.328 e. The second-order valence-corrected chi connectivity index (χ2v) is 5.12. The highest BCUT2D eigenvalue weighted by Crippen LogP contribution is 2.04. The Bertz CT molecular complexity index is 139. The quantitative estimate of drug-likeness (QED) is 0.534. The molecule has 92 valence electrons. The van der Waals surface area contributed by atoms with Gasteiger partial charge in [-0.25, -0.2) is 0 Å². The van der Waals surface area contributed by atoms with Crippen LogP contribution >= 0.6 is 0 Å². The van der Waals surface area contributed by atoms with E-state index in [1.165, 1.54) is 56.5 Å². The molecule has 0 amide bonds. The molecule has 0 aliphatic carbocycles. The summed E-state index contributed by atoms with van der Waals surface area (Å²) in [6.45, 7) is 13.1. The normalized spacial score (nSPS) is 12.4. The molecule has 0 aliphatic heterocycles. The van der Waals surface area contributed by atoms with Crippen LogP contribution in [0.25, 0.3) is 0 Å². The van der Waals surface area contributed by atoms with Crippen LogP contribution in [0.1, 0.15) is 40.0 Å². The maximum absolute atomic E-state index is 2.51. The first kappa shape index (κ1) is 14.9. The van der Waals surface area contributed by atoms with E-state index in [2.05, 4.69) is 39.8 Å². The van der Waals surface area contributed by atoms with Crippen molar-refractivity contribution in [2.24, 2.45) is 0 Å². The van der Waals surface area contributed by atoms with E-state index < -0.39 is 0 Å². The molecule has 15 heavy (non-hydrogen) atoms. The minimum atomic E-state index is 1.19. The Morgan fingerprint density at radius 2 is 1.40 bits per heavy atom. The first-order valence-electron chi connectivity index (χ1n) is 6.60. The Morgan fingerprint density at radius 3 is 1.87 bits per heavy atom. The molecule has 0 atom stereocenters. The van der Waals surface area contributed by atoms with Crippen LogP contribution in [0.15, 0.2) is 0 Å². The first-order chi connectivity index (χ1) is 7.05. The van der Waals surface area contributed by atoms with Crippen LogP contribution in [0.3, 0.4) is 0 Å². The molecule has 0 unspecified atom stereocenters. The molecule has 2 nitrogen and oxygen atoms in total. The maximum atomic E-state index is 2.51. The zero-order valence-electron chi connectivity index (χ0n) is 11.6. The Balaban J connectivity index is 3.63. The molecule has 0 saturated carbocycles. The predicted molar refractivity (Wildman–Crippen MR) is 69.2 cm³/mol. The van der Waals surface area contributed by atoms with E-state index in [9.17, 15) is 0 Å². The maximum Gasteiger partial charge on any atom is 0.0794 e. The number of nitrogens with zero attached hydrogens (tertiary/aromatic N) is 2. The molecular formula is C13H31N2+. The Hall–Kier alpha value is -0.0800. The minimum absolute atomic E-state index is 1.19. The van der Waals surface area contributed by atoms with Crippen LogP contribution in [0.5, 0.6) is 0 Å². The average Bonchev–Trinajstić information content (AvgIpc) is 2.22. The lowest BCUT2D eigenvalue weighted by Gasteiger charge is -2.30. The van der Waals surface area contributed by atoms with Gasteiger partial charge in [-0.15, -0.1) is 0 Å². The first-order valence-corrected chi connectivity index (χ1v) is 6.60. The summed E-state index contributed by atoms with van der Waals surface area (Å²) in [6, 6.07) is 0. The van der Waals surface area contributed by atoms with Gasteiger partial charge in [0.15, 0.2) is 0 Å². The van der Waals surface area contributed by atoms with E-state index in [1.807, 2.05) is 0 Å². The van der Waals surface area contributed by atoms with Crippen molar-refractivity contribution in [3.63, 3.8) is 0 Å². The minimum Gasteiger partial charge on any atom is -0.328 e. The molecule has 0 saturated heterocycles. The molecular weight excluding hydrogens is 184 g/mol. The average molecular weight is 215 g/mol. The SMILES string of the molecule is CCCC[N+](C)(C)CCCN(CC)CC. The molecule has 0 radical (unpaired) electrons. The lowest BCUT2D eigenvalue weighted by Crippen LogP contribution is -2.42. The molecule has 0 rings (SSSR count). The highest BCUT2D eigenvalue weighted by Gasteiger charge is 2.13. The molecule has 0 bridgehead atoms. The topological polar surface area (TPSA) is 3.24 Å². The van der Waals surface area contributed by atoms with Gasteiger partial charge in [0.1, 0.15) is 0 Å². The highest BCUT2D eigenvalue weighted by molar-refractivity contribution is 4.51. The molecule has 0 aromatic heterocycles. The van der Waals surface area contributed by atoms with Crippen molar-refractivity contribution in [2.45, 2.75) is 40.0 Å². The van der Waals surface area contributed by atoms with E-state index in [4.69, 9.17) is 0 Å². The van der Waals surface area contributed by atoms with Crippen LogP contribution in [0.2, 0.25) is 0 Å². The standard InChI is InChI=1S/C13H31N2/c1-6-9-12-15(4,5)13-10-11-14(7-2)8-3/h6-13H2,1-5H3/q+1. The third-order valence-electron chi connectivity index (χ3n) is 3.25.